The SMILES string of the molecule is CCCOCCCNc1nc(Cl)nc2sc(CC)cc12. The van der Waals surface area contributed by atoms with Crippen LogP contribution in [-0.4, -0.2) is 29.7 Å². The van der Waals surface area contributed by atoms with E-state index in [1.807, 2.05) is 0 Å². The average molecular weight is 314 g/mol. The number of thiophene rings is 1. The number of nitrogens with one attached hydrogen (secondary N) is 1. The maximum Gasteiger partial charge on any atom is 0.225 e. The largest absolute Gasteiger partial charge is 0.381 e. The van der Waals surface area contributed by atoms with Crippen LogP contribution in [0, 0.1) is 0 Å². The smallest absolute Gasteiger partial charge is 0.225 e. The lowest BCUT2D eigenvalue weighted by Crippen LogP contribution is -2.07. The maximum absolute atomic E-state index is 5.98. The van der Waals surface area contributed by atoms with Gasteiger partial charge in [-0.1, -0.05) is 13.8 Å². The number of ether oxygens (including phenoxy) is 1. The van der Waals surface area contributed by atoms with E-state index in [0.29, 0.717) is 5.28 Å². The molecule has 0 aliphatic rings. The Balaban J connectivity index is 1.99. The Morgan fingerprint density at radius 1 is 1.30 bits per heavy atom. The van der Waals surface area contributed by atoms with Gasteiger partial charge in [-0.05, 0) is 36.9 Å². The number of hydrogen-bond acceptors (Lipinski definition) is 5. The third kappa shape index (κ3) is 4.04. The number of anilines is 1. The van der Waals surface area contributed by atoms with E-state index in [-0.39, 0.29) is 0 Å². The summed E-state index contributed by atoms with van der Waals surface area (Å²) >= 11 is 7.65. The van der Waals surface area contributed by atoms with Gasteiger partial charge >= 0.3 is 0 Å². The van der Waals surface area contributed by atoms with Gasteiger partial charge in [0.2, 0.25) is 5.28 Å². The monoisotopic (exact) mass is 313 g/mol. The standard InChI is InChI=1S/C14H20ClN3OS/c1-3-7-19-8-5-6-16-12-11-9-10(4-2)20-13(11)18-14(15)17-12/h9H,3-8H2,1-2H3,(H,16,17,18). The first-order valence-corrected chi connectivity index (χ1v) is 8.21. The predicted octanol–water partition coefficient (Wildman–Crippen LogP) is 4.14. The molecule has 0 spiro atoms. The normalized spacial score (nSPS) is 11.2. The minimum Gasteiger partial charge on any atom is -0.381 e. The number of halogens is 1. The zero-order valence-corrected chi connectivity index (χ0v) is 13.5. The zero-order chi connectivity index (χ0) is 14.4. The van der Waals surface area contributed by atoms with Crippen LogP contribution < -0.4 is 5.32 Å². The summed E-state index contributed by atoms with van der Waals surface area (Å²) in [5, 5.41) is 4.69. The van der Waals surface area contributed by atoms with E-state index in [4.69, 9.17) is 16.3 Å². The lowest BCUT2D eigenvalue weighted by molar-refractivity contribution is 0.134. The molecule has 0 unspecified atom stereocenters. The van der Waals surface area contributed by atoms with E-state index in [2.05, 4.69) is 35.2 Å². The van der Waals surface area contributed by atoms with Crippen LogP contribution in [-0.2, 0) is 11.2 Å². The van der Waals surface area contributed by atoms with Crippen molar-refractivity contribution in [3.63, 3.8) is 0 Å². The molecule has 0 amide bonds. The molecule has 0 aliphatic heterocycles. The fourth-order valence-electron chi connectivity index (χ4n) is 1.88. The molecule has 4 nitrogen and oxygen atoms in total. The zero-order valence-electron chi connectivity index (χ0n) is 11.9. The highest BCUT2D eigenvalue weighted by atomic mass is 35.5. The number of fused-ring (bicyclic) bond motifs is 1. The van der Waals surface area contributed by atoms with Crippen molar-refractivity contribution in [3.8, 4) is 0 Å². The lowest BCUT2D eigenvalue weighted by Gasteiger charge is -2.07. The highest BCUT2D eigenvalue weighted by molar-refractivity contribution is 7.18. The predicted molar refractivity (Wildman–Crippen MR) is 86.0 cm³/mol. The molecule has 0 saturated heterocycles. The number of aryl methyl sites for hydroxylation is 1. The summed E-state index contributed by atoms with van der Waals surface area (Å²) in [5.74, 6) is 0.825. The molecule has 0 aliphatic carbocycles. The van der Waals surface area contributed by atoms with Gasteiger partial charge in [0.05, 0.1) is 5.39 Å². The van der Waals surface area contributed by atoms with Crippen molar-refractivity contribution < 1.29 is 4.74 Å². The molecule has 0 fully saturated rings. The maximum atomic E-state index is 5.98. The van der Waals surface area contributed by atoms with Crippen molar-refractivity contribution in [2.75, 3.05) is 25.1 Å². The third-order valence-electron chi connectivity index (χ3n) is 2.87. The molecule has 20 heavy (non-hydrogen) atoms. The highest BCUT2D eigenvalue weighted by Gasteiger charge is 2.10. The van der Waals surface area contributed by atoms with Gasteiger partial charge in [-0.3, -0.25) is 0 Å². The molecule has 2 aromatic rings. The fourth-order valence-corrected chi connectivity index (χ4v) is 3.07. The van der Waals surface area contributed by atoms with Crippen LogP contribution in [0.3, 0.4) is 0 Å². The molecule has 2 heterocycles. The Labute approximate surface area is 128 Å². The number of hydrogen-bond donors (Lipinski definition) is 1. The van der Waals surface area contributed by atoms with Gasteiger partial charge in [0.15, 0.2) is 0 Å². The van der Waals surface area contributed by atoms with Crippen molar-refractivity contribution in [2.45, 2.75) is 33.1 Å². The molecule has 0 saturated carbocycles. The van der Waals surface area contributed by atoms with Crippen LogP contribution in [0.1, 0.15) is 31.6 Å². The van der Waals surface area contributed by atoms with E-state index in [1.165, 1.54) is 4.88 Å². The summed E-state index contributed by atoms with van der Waals surface area (Å²) in [4.78, 5) is 10.8. The summed E-state index contributed by atoms with van der Waals surface area (Å²) in [6, 6.07) is 2.15. The molecular formula is C14H20ClN3OS. The van der Waals surface area contributed by atoms with E-state index >= 15 is 0 Å². The second kappa shape index (κ2) is 7.76. The molecule has 0 atom stereocenters. The van der Waals surface area contributed by atoms with Crippen molar-refractivity contribution in [1.29, 1.82) is 0 Å². The minimum atomic E-state index is 0.298. The first-order chi connectivity index (χ1) is 9.74. The van der Waals surface area contributed by atoms with E-state index < -0.39 is 0 Å². The molecule has 0 bridgehead atoms. The Morgan fingerprint density at radius 3 is 2.90 bits per heavy atom. The lowest BCUT2D eigenvalue weighted by atomic mass is 10.3. The first kappa shape index (κ1) is 15.5. The van der Waals surface area contributed by atoms with Crippen LogP contribution in [0.2, 0.25) is 5.28 Å². The van der Waals surface area contributed by atoms with Gasteiger partial charge in [-0.15, -0.1) is 11.3 Å². The fraction of sp³-hybridized carbons (Fsp3) is 0.571. The highest BCUT2D eigenvalue weighted by Crippen LogP contribution is 2.30. The van der Waals surface area contributed by atoms with Gasteiger partial charge in [0.25, 0.3) is 0 Å². The van der Waals surface area contributed by atoms with E-state index in [9.17, 15) is 0 Å². The molecular weight excluding hydrogens is 294 g/mol. The third-order valence-corrected chi connectivity index (χ3v) is 4.21. The Hall–Kier alpha value is -0.910. The van der Waals surface area contributed by atoms with Gasteiger partial charge in [0, 0.05) is 24.6 Å². The molecule has 1 N–H and O–H groups in total. The molecule has 2 rings (SSSR count). The first-order valence-electron chi connectivity index (χ1n) is 7.02. The van der Waals surface area contributed by atoms with Gasteiger partial charge in [0.1, 0.15) is 10.6 Å². The minimum absolute atomic E-state index is 0.298. The Morgan fingerprint density at radius 2 is 2.15 bits per heavy atom. The number of aromatic nitrogens is 2. The number of rotatable bonds is 8. The van der Waals surface area contributed by atoms with Crippen molar-refractivity contribution >= 4 is 39.0 Å². The summed E-state index contributed by atoms with van der Waals surface area (Å²) < 4.78 is 5.46. The summed E-state index contributed by atoms with van der Waals surface area (Å²) in [5.41, 5.74) is 0. The van der Waals surface area contributed by atoms with Crippen LogP contribution in [0.15, 0.2) is 6.07 Å². The van der Waals surface area contributed by atoms with Crippen molar-refractivity contribution in [1.82, 2.24) is 9.97 Å². The van der Waals surface area contributed by atoms with E-state index in [1.54, 1.807) is 11.3 Å². The second-order valence-corrected chi connectivity index (χ2v) is 5.97. The van der Waals surface area contributed by atoms with E-state index in [0.717, 1.165) is 55.1 Å². The Bertz CT molecular complexity index is 559. The van der Waals surface area contributed by atoms with Gasteiger partial charge < -0.3 is 10.1 Å². The van der Waals surface area contributed by atoms with Crippen LogP contribution in [0.5, 0.6) is 0 Å². The topological polar surface area (TPSA) is 47.0 Å². The van der Waals surface area contributed by atoms with Gasteiger partial charge in [-0.25, -0.2) is 9.97 Å². The average Bonchev–Trinajstić information content (AvgIpc) is 2.85. The van der Waals surface area contributed by atoms with Crippen LogP contribution in [0.4, 0.5) is 5.82 Å². The van der Waals surface area contributed by atoms with Crippen molar-refractivity contribution in [3.05, 3.63) is 16.2 Å². The second-order valence-electron chi connectivity index (χ2n) is 4.52. The molecule has 110 valence electrons. The summed E-state index contributed by atoms with van der Waals surface area (Å²) in [6.07, 6.45) is 3.01. The summed E-state index contributed by atoms with van der Waals surface area (Å²) in [6.45, 7) is 6.67. The van der Waals surface area contributed by atoms with Crippen molar-refractivity contribution in [2.24, 2.45) is 0 Å². The molecule has 2 aromatic heterocycles. The molecule has 0 radical (unpaired) electrons. The molecule has 0 aromatic carbocycles. The quantitative estimate of drug-likeness (QED) is 0.588. The van der Waals surface area contributed by atoms with Crippen LogP contribution >= 0.6 is 22.9 Å². The number of nitrogens with zero attached hydrogens (tertiary/aromatic N) is 2. The van der Waals surface area contributed by atoms with Gasteiger partial charge in [-0.2, -0.15) is 0 Å². The Kier molecular flexibility index (Phi) is 6.01. The van der Waals surface area contributed by atoms with Crippen LogP contribution in [0.25, 0.3) is 10.2 Å². The summed E-state index contributed by atoms with van der Waals surface area (Å²) in [7, 11) is 0. The molecule has 6 heteroatoms.